The Hall–Kier alpha value is -4.91. The molecule has 0 aliphatic rings. The Morgan fingerprint density at radius 3 is 1.87 bits per heavy atom. The summed E-state index contributed by atoms with van der Waals surface area (Å²) in [4.78, 5) is 36.5. The van der Waals surface area contributed by atoms with Gasteiger partial charge in [0.05, 0.1) is 16.8 Å². The van der Waals surface area contributed by atoms with Crippen molar-refractivity contribution in [2.24, 2.45) is 0 Å². The largest absolute Gasteiger partial charge is 0.291 e. The fourth-order valence-electron chi connectivity index (χ4n) is 4.61. The molecule has 3 aromatic heterocycles. The average Bonchev–Trinajstić information content (AvgIpc) is 3.29. The second-order valence-corrected chi connectivity index (χ2v) is 9.67. The molecule has 38 heavy (non-hydrogen) atoms. The number of aromatic nitrogens is 5. The highest BCUT2D eigenvalue weighted by Crippen LogP contribution is 2.31. The van der Waals surface area contributed by atoms with E-state index in [4.69, 9.17) is 9.97 Å². The molecular formula is C31H25N5O2. The van der Waals surface area contributed by atoms with Crippen LogP contribution in [0.15, 0.2) is 83.7 Å². The number of Topliss-reactive ketones (excluding diaryl/α,β-unsaturated/α-hetero) is 1. The number of hydrogen-bond acceptors (Lipinski definition) is 5. The molecule has 7 heteroatoms. The summed E-state index contributed by atoms with van der Waals surface area (Å²) in [5, 5.41) is 4.86. The Balaban J connectivity index is 1.74. The molecule has 0 unspecified atom stereocenters. The van der Waals surface area contributed by atoms with Crippen LogP contribution in [-0.2, 0) is 0 Å². The zero-order chi connectivity index (χ0) is 26.6. The van der Waals surface area contributed by atoms with E-state index in [1.54, 1.807) is 0 Å². The Labute approximate surface area is 219 Å². The third-order valence-corrected chi connectivity index (χ3v) is 6.72. The average molecular weight is 500 g/mol. The van der Waals surface area contributed by atoms with Crippen molar-refractivity contribution in [3.63, 3.8) is 0 Å². The topological polar surface area (TPSA) is 82.2 Å². The second kappa shape index (κ2) is 8.88. The van der Waals surface area contributed by atoms with Crippen LogP contribution >= 0.6 is 0 Å². The van der Waals surface area contributed by atoms with Gasteiger partial charge in [-0.25, -0.2) is 9.38 Å². The molecule has 0 radical (unpaired) electrons. The minimum absolute atomic E-state index is 0.0254. The van der Waals surface area contributed by atoms with Gasteiger partial charge in [-0.15, -0.1) is 5.10 Å². The maximum atomic E-state index is 14.1. The number of nitrogens with zero attached hydrogens (tertiary/aromatic N) is 5. The highest BCUT2D eigenvalue weighted by atomic mass is 16.1. The summed E-state index contributed by atoms with van der Waals surface area (Å²) in [6.45, 7) is 7.45. The maximum absolute atomic E-state index is 14.1. The number of ketones is 1. The van der Waals surface area contributed by atoms with E-state index in [0.717, 1.165) is 27.8 Å². The maximum Gasteiger partial charge on any atom is 0.271 e. The van der Waals surface area contributed by atoms with Gasteiger partial charge in [-0.3, -0.25) is 9.59 Å². The predicted molar refractivity (Wildman–Crippen MR) is 149 cm³/mol. The quantitative estimate of drug-likeness (QED) is 0.283. The van der Waals surface area contributed by atoms with Crippen molar-refractivity contribution in [1.29, 1.82) is 0 Å². The molecule has 7 nitrogen and oxygen atoms in total. The van der Waals surface area contributed by atoms with Crippen LogP contribution < -0.4 is 5.56 Å². The number of hydrogen-bond donors (Lipinski definition) is 0. The molecule has 0 saturated carbocycles. The van der Waals surface area contributed by atoms with Gasteiger partial charge in [-0.05, 0) is 44.5 Å². The molecule has 0 saturated heterocycles. The van der Waals surface area contributed by atoms with Crippen molar-refractivity contribution in [3.05, 3.63) is 112 Å². The first-order chi connectivity index (χ1) is 18.3. The van der Waals surface area contributed by atoms with Gasteiger partial charge in [0.1, 0.15) is 0 Å². The van der Waals surface area contributed by atoms with Gasteiger partial charge in [0.15, 0.2) is 11.4 Å². The van der Waals surface area contributed by atoms with Gasteiger partial charge >= 0.3 is 0 Å². The number of benzene rings is 3. The van der Waals surface area contributed by atoms with Crippen molar-refractivity contribution in [2.75, 3.05) is 0 Å². The summed E-state index contributed by atoms with van der Waals surface area (Å²) in [5.41, 5.74) is 7.15. The van der Waals surface area contributed by atoms with Crippen molar-refractivity contribution >= 4 is 22.6 Å². The molecule has 186 valence electrons. The van der Waals surface area contributed by atoms with E-state index >= 15 is 0 Å². The van der Waals surface area contributed by atoms with Crippen LogP contribution in [-0.4, -0.2) is 29.9 Å². The lowest BCUT2D eigenvalue weighted by Gasteiger charge is -2.11. The van der Waals surface area contributed by atoms with Gasteiger partial charge in [0.25, 0.3) is 5.56 Å². The Morgan fingerprint density at radius 1 is 0.737 bits per heavy atom. The second-order valence-electron chi connectivity index (χ2n) is 9.67. The van der Waals surface area contributed by atoms with Crippen molar-refractivity contribution in [2.45, 2.75) is 27.7 Å². The molecule has 0 aliphatic carbocycles. The lowest BCUT2D eigenvalue weighted by molar-refractivity contribution is 0.100. The van der Waals surface area contributed by atoms with E-state index < -0.39 is 0 Å². The summed E-state index contributed by atoms with van der Waals surface area (Å²) in [6, 6.07) is 25.7. The van der Waals surface area contributed by atoms with Crippen LogP contribution in [0.1, 0.15) is 34.2 Å². The van der Waals surface area contributed by atoms with Crippen molar-refractivity contribution in [3.8, 4) is 28.1 Å². The van der Waals surface area contributed by atoms with Crippen LogP contribution in [0.5, 0.6) is 0 Å². The van der Waals surface area contributed by atoms with E-state index in [9.17, 15) is 9.59 Å². The van der Waals surface area contributed by atoms with Crippen LogP contribution in [0.3, 0.4) is 0 Å². The number of rotatable bonds is 4. The summed E-state index contributed by atoms with van der Waals surface area (Å²) >= 11 is 0. The molecule has 3 heterocycles. The zero-order valence-electron chi connectivity index (χ0n) is 21.6. The van der Waals surface area contributed by atoms with Crippen LogP contribution in [0.4, 0.5) is 0 Å². The van der Waals surface area contributed by atoms with Gasteiger partial charge in [-0.1, -0.05) is 77.4 Å². The number of aryl methyl sites for hydroxylation is 3. The minimum atomic E-state index is -0.382. The fraction of sp³-hybridized carbons (Fsp3) is 0.129. The van der Waals surface area contributed by atoms with E-state index in [0.29, 0.717) is 28.0 Å². The molecule has 0 fully saturated rings. The molecule has 3 aromatic carbocycles. The normalized spacial score (nSPS) is 11.4. The number of pyridine rings is 1. The summed E-state index contributed by atoms with van der Waals surface area (Å²) in [5.74, 6) is -0.0670. The first-order valence-corrected chi connectivity index (χ1v) is 12.4. The lowest BCUT2D eigenvalue weighted by atomic mass is 9.99. The standard InChI is InChI=1S/C31H25N5O2/c1-18-5-11-22(12-6-18)25-17-26(23-13-7-19(2)8-14-23)32-28-27(25)30(38)35-29(21(4)37)34-36(31(35)33-28)24-15-9-20(3)10-16-24/h5-17H,1-4H3. The monoisotopic (exact) mass is 499 g/mol. The molecule has 0 amide bonds. The Kier molecular flexibility index (Phi) is 5.49. The third-order valence-electron chi connectivity index (χ3n) is 6.72. The van der Waals surface area contributed by atoms with Crippen LogP contribution in [0, 0.1) is 20.8 Å². The molecule has 0 bridgehead atoms. The molecular weight excluding hydrogens is 474 g/mol. The number of fused-ring (bicyclic) bond motifs is 2. The number of carbonyl (C=O) groups excluding carboxylic acids is 1. The minimum Gasteiger partial charge on any atom is -0.291 e. The lowest BCUT2D eigenvalue weighted by Crippen LogP contribution is -2.20. The molecule has 0 N–H and O–H groups in total. The summed E-state index contributed by atoms with van der Waals surface area (Å²) in [6.07, 6.45) is 0. The van der Waals surface area contributed by atoms with Crippen molar-refractivity contribution < 1.29 is 4.79 Å². The highest BCUT2D eigenvalue weighted by Gasteiger charge is 2.23. The predicted octanol–water partition coefficient (Wildman–Crippen LogP) is 5.89. The van der Waals surface area contributed by atoms with E-state index in [-0.39, 0.29) is 22.9 Å². The first kappa shape index (κ1) is 23.5. The molecule has 6 rings (SSSR count). The van der Waals surface area contributed by atoms with Gasteiger partial charge < -0.3 is 0 Å². The summed E-state index contributed by atoms with van der Waals surface area (Å²) in [7, 11) is 0. The Morgan fingerprint density at radius 2 is 1.29 bits per heavy atom. The van der Waals surface area contributed by atoms with Gasteiger partial charge in [0.2, 0.25) is 11.6 Å². The number of carbonyl (C=O) groups is 1. The molecule has 0 atom stereocenters. The van der Waals surface area contributed by atoms with Gasteiger partial charge in [-0.2, -0.15) is 9.67 Å². The van der Waals surface area contributed by atoms with Crippen LogP contribution in [0.25, 0.3) is 44.9 Å². The van der Waals surface area contributed by atoms with Crippen molar-refractivity contribution in [1.82, 2.24) is 24.1 Å². The zero-order valence-corrected chi connectivity index (χ0v) is 21.6. The first-order valence-electron chi connectivity index (χ1n) is 12.4. The molecule has 6 aromatic rings. The van der Waals surface area contributed by atoms with E-state index in [1.807, 2.05) is 99.6 Å². The smallest absolute Gasteiger partial charge is 0.271 e. The molecule has 0 spiro atoms. The Bertz CT molecular complexity index is 1910. The highest BCUT2D eigenvalue weighted by molar-refractivity contribution is 5.96. The van der Waals surface area contributed by atoms with E-state index in [1.165, 1.54) is 16.0 Å². The van der Waals surface area contributed by atoms with Gasteiger partial charge in [0, 0.05) is 18.1 Å². The van der Waals surface area contributed by atoms with E-state index in [2.05, 4.69) is 5.10 Å². The SMILES string of the molecule is CC(=O)c1nn(-c2ccc(C)cc2)c2nc3nc(-c4ccc(C)cc4)cc(-c4ccc(C)cc4)c3c(=O)n12. The summed E-state index contributed by atoms with van der Waals surface area (Å²) < 4.78 is 2.83. The third kappa shape index (κ3) is 3.89. The fourth-order valence-corrected chi connectivity index (χ4v) is 4.61. The van der Waals surface area contributed by atoms with Crippen LogP contribution in [0.2, 0.25) is 0 Å². The molecule has 0 aliphatic heterocycles.